The molecule has 0 bridgehead atoms. The van der Waals surface area contributed by atoms with Crippen LogP contribution in [0.2, 0.25) is 0 Å². The molecular weight excluding hydrogens is 231 g/mol. The molecule has 0 aliphatic carbocycles. The molecule has 1 heterocycles. The van der Waals surface area contributed by atoms with E-state index in [0.29, 0.717) is 24.6 Å². The van der Waals surface area contributed by atoms with Gasteiger partial charge in [0.2, 0.25) is 0 Å². The first-order valence-electron chi connectivity index (χ1n) is 5.50. The smallest absolute Gasteiger partial charge is 0.370 e. The minimum atomic E-state index is -4.05. The Labute approximate surface area is 98.5 Å². The molecule has 3 nitrogen and oxygen atoms in total. The van der Waals surface area contributed by atoms with Crippen LogP contribution in [-0.2, 0) is 0 Å². The van der Waals surface area contributed by atoms with Crippen LogP contribution in [-0.4, -0.2) is 22.7 Å². The second-order valence-corrected chi connectivity index (χ2v) is 3.94. The Morgan fingerprint density at radius 2 is 1.88 bits per heavy atom. The van der Waals surface area contributed by atoms with Crippen molar-refractivity contribution in [3.05, 3.63) is 17.6 Å². The summed E-state index contributed by atoms with van der Waals surface area (Å²) in [6.07, 6.45) is -4.17. The van der Waals surface area contributed by atoms with Crippen molar-refractivity contribution < 1.29 is 13.2 Å². The van der Waals surface area contributed by atoms with Gasteiger partial charge < -0.3 is 5.32 Å². The first-order chi connectivity index (χ1) is 7.87. The molecule has 1 aromatic rings. The average molecular weight is 247 g/mol. The van der Waals surface area contributed by atoms with Gasteiger partial charge in [0.1, 0.15) is 11.6 Å². The summed E-state index contributed by atoms with van der Waals surface area (Å²) in [4.78, 5) is 8.25. The van der Waals surface area contributed by atoms with Crippen molar-refractivity contribution in [2.45, 2.75) is 39.3 Å². The van der Waals surface area contributed by atoms with Crippen LogP contribution in [0, 0.1) is 13.8 Å². The molecule has 1 rings (SSSR count). The Morgan fingerprint density at radius 3 is 2.47 bits per heavy atom. The number of aryl methyl sites for hydroxylation is 2. The van der Waals surface area contributed by atoms with Crippen molar-refractivity contribution in [2.24, 2.45) is 0 Å². The molecule has 0 aliphatic rings. The molecule has 1 N–H and O–H groups in total. The Hall–Kier alpha value is -1.33. The zero-order chi connectivity index (χ0) is 12.9. The van der Waals surface area contributed by atoms with E-state index in [1.807, 2.05) is 6.92 Å². The Kier molecular flexibility index (Phi) is 4.72. The van der Waals surface area contributed by atoms with Crippen molar-refractivity contribution in [1.29, 1.82) is 0 Å². The maximum absolute atomic E-state index is 11.9. The molecule has 0 amide bonds. The third kappa shape index (κ3) is 6.09. The second-order valence-electron chi connectivity index (χ2n) is 3.94. The van der Waals surface area contributed by atoms with Crippen LogP contribution >= 0.6 is 0 Å². The van der Waals surface area contributed by atoms with Gasteiger partial charge in [0.15, 0.2) is 0 Å². The van der Waals surface area contributed by atoms with Gasteiger partial charge in [-0.3, -0.25) is 0 Å². The van der Waals surface area contributed by atoms with Crippen molar-refractivity contribution in [3.8, 4) is 0 Å². The maximum atomic E-state index is 11.9. The standard InChI is InChI=1S/C11H16F3N3/c1-8-7-10(17-9(2)16-8)15-6-4-3-5-11(12,13)14/h7H,3-6H2,1-2H3,(H,15,16,17). The molecule has 0 radical (unpaired) electrons. The summed E-state index contributed by atoms with van der Waals surface area (Å²) < 4.78 is 35.6. The third-order valence-corrected chi connectivity index (χ3v) is 2.16. The fourth-order valence-corrected chi connectivity index (χ4v) is 1.47. The van der Waals surface area contributed by atoms with Crippen molar-refractivity contribution in [1.82, 2.24) is 9.97 Å². The van der Waals surface area contributed by atoms with Crippen LogP contribution in [0.25, 0.3) is 0 Å². The lowest BCUT2D eigenvalue weighted by Gasteiger charge is -2.08. The number of alkyl halides is 3. The number of rotatable bonds is 5. The summed E-state index contributed by atoms with van der Waals surface area (Å²) in [6.45, 7) is 4.12. The number of anilines is 1. The zero-order valence-electron chi connectivity index (χ0n) is 9.93. The van der Waals surface area contributed by atoms with Crippen molar-refractivity contribution >= 4 is 5.82 Å². The van der Waals surface area contributed by atoms with Crippen molar-refractivity contribution in [3.63, 3.8) is 0 Å². The van der Waals surface area contributed by atoms with Crippen LogP contribution in [0.3, 0.4) is 0 Å². The van der Waals surface area contributed by atoms with Gasteiger partial charge in [-0.1, -0.05) is 0 Å². The first-order valence-corrected chi connectivity index (χ1v) is 5.50. The number of hydrogen-bond donors (Lipinski definition) is 1. The minimum Gasteiger partial charge on any atom is -0.370 e. The van der Waals surface area contributed by atoms with Gasteiger partial charge in [0.05, 0.1) is 0 Å². The van der Waals surface area contributed by atoms with E-state index in [1.165, 1.54) is 0 Å². The summed E-state index contributed by atoms with van der Waals surface area (Å²) in [5.74, 6) is 1.32. The van der Waals surface area contributed by atoms with E-state index in [2.05, 4.69) is 15.3 Å². The number of nitrogens with zero attached hydrogens (tertiary/aromatic N) is 2. The lowest BCUT2D eigenvalue weighted by molar-refractivity contribution is -0.135. The number of hydrogen-bond acceptors (Lipinski definition) is 3. The van der Waals surface area contributed by atoms with E-state index in [9.17, 15) is 13.2 Å². The van der Waals surface area contributed by atoms with Gasteiger partial charge in [0.25, 0.3) is 0 Å². The van der Waals surface area contributed by atoms with Crippen LogP contribution < -0.4 is 5.32 Å². The molecule has 6 heteroatoms. The maximum Gasteiger partial charge on any atom is 0.389 e. The predicted molar refractivity (Wildman–Crippen MR) is 59.9 cm³/mol. The van der Waals surface area contributed by atoms with E-state index in [-0.39, 0.29) is 6.42 Å². The minimum absolute atomic E-state index is 0.138. The monoisotopic (exact) mass is 247 g/mol. The Balaban J connectivity index is 2.27. The quantitative estimate of drug-likeness (QED) is 0.812. The lowest BCUT2D eigenvalue weighted by atomic mass is 10.2. The number of nitrogens with one attached hydrogen (secondary N) is 1. The average Bonchev–Trinajstić information content (AvgIpc) is 2.13. The van der Waals surface area contributed by atoms with Gasteiger partial charge in [-0.25, -0.2) is 9.97 Å². The van der Waals surface area contributed by atoms with Crippen LogP contribution in [0.4, 0.5) is 19.0 Å². The molecule has 0 unspecified atom stereocenters. The molecule has 0 spiro atoms. The topological polar surface area (TPSA) is 37.8 Å². The van der Waals surface area contributed by atoms with Gasteiger partial charge in [-0.2, -0.15) is 13.2 Å². The summed E-state index contributed by atoms with van der Waals surface area (Å²) in [6, 6.07) is 1.77. The van der Waals surface area contributed by atoms with Gasteiger partial charge in [-0.05, 0) is 26.7 Å². The molecule has 17 heavy (non-hydrogen) atoms. The largest absolute Gasteiger partial charge is 0.389 e. The molecule has 0 saturated heterocycles. The molecule has 0 saturated carbocycles. The third-order valence-electron chi connectivity index (χ3n) is 2.16. The van der Waals surface area contributed by atoms with Crippen LogP contribution in [0.5, 0.6) is 0 Å². The van der Waals surface area contributed by atoms with Gasteiger partial charge in [0, 0.05) is 24.7 Å². The summed E-state index contributed by atoms with van der Waals surface area (Å²) in [5, 5.41) is 2.99. The molecule has 0 aromatic carbocycles. The Bertz CT molecular complexity index is 343. The SMILES string of the molecule is Cc1cc(NCCCCC(F)(F)F)nc(C)n1. The van der Waals surface area contributed by atoms with Gasteiger partial charge >= 0.3 is 6.18 Å². The van der Waals surface area contributed by atoms with E-state index >= 15 is 0 Å². The number of aromatic nitrogens is 2. The summed E-state index contributed by atoms with van der Waals surface area (Å²) in [7, 11) is 0. The number of unbranched alkanes of at least 4 members (excludes halogenated alkanes) is 1. The molecular formula is C11H16F3N3. The Morgan fingerprint density at radius 1 is 1.18 bits per heavy atom. The zero-order valence-corrected chi connectivity index (χ0v) is 9.93. The summed E-state index contributed by atoms with van der Waals surface area (Å²) in [5.41, 5.74) is 0.843. The molecule has 96 valence electrons. The first kappa shape index (κ1) is 13.7. The lowest BCUT2D eigenvalue weighted by Crippen LogP contribution is -2.09. The highest BCUT2D eigenvalue weighted by Gasteiger charge is 2.25. The van der Waals surface area contributed by atoms with Crippen molar-refractivity contribution in [2.75, 3.05) is 11.9 Å². The molecule has 0 aliphatic heterocycles. The normalized spacial score (nSPS) is 11.6. The van der Waals surface area contributed by atoms with Crippen LogP contribution in [0.15, 0.2) is 6.07 Å². The molecule has 0 atom stereocenters. The van der Waals surface area contributed by atoms with E-state index in [1.54, 1.807) is 13.0 Å². The highest BCUT2D eigenvalue weighted by atomic mass is 19.4. The second kappa shape index (κ2) is 5.84. The fourth-order valence-electron chi connectivity index (χ4n) is 1.47. The molecule has 0 fully saturated rings. The fraction of sp³-hybridized carbons (Fsp3) is 0.636. The van der Waals surface area contributed by atoms with E-state index < -0.39 is 12.6 Å². The number of halogens is 3. The summed E-state index contributed by atoms with van der Waals surface area (Å²) >= 11 is 0. The van der Waals surface area contributed by atoms with E-state index in [4.69, 9.17) is 0 Å². The molecule has 1 aromatic heterocycles. The highest BCUT2D eigenvalue weighted by Crippen LogP contribution is 2.22. The predicted octanol–water partition coefficient (Wildman–Crippen LogP) is 3.24. The van der Waals surface area contributed by atoms with E-state index in [0.717, 1.165) is 5.69 Å². The highest BCUT2D eigenvalue weighted by molar-refractivity contribution is 5.35. The van der Waals surface area contributed by atoms with Crippen LogP contribution in [0.1, 0.15) is 30.8 Å². The van der Waals surface area contributed by atoms with Gasteiger partial charge in [-0.15, -0.1) is 0 Å².